The maximum absolute atomic E-state index is 9.56. The van der Waals surface area contributed by atoms with Crippen molar-refractivity contribution in [2.45, 2.75) is 65.5 Å². The first-order valence-electron chi connectivity index (χ1n) is 7.20. The van der Waals surface area contributed by atoms with Crippen LogP contribution < -0.4 is 4.90 Å². The molecular weight excluding hydrogens is 256 g/mol. The highest BCUT2D eigenvalue weighted by Gasteiger charge is 2.29. The molecule has 1 saturated heterocycles. The van der Waals surface area contributed by atoms with E-state index >= 15 is 0 Å². The minimum absolute atomic E-state index is 0.00253. The Morgan fingerprint density at radius 3 is 2.53 bits per heavy atom. The van der Waals surface area contributed by atoms with E-state index in [1.54, 1.807) is 11.3 Å². The number of anilines is 1. The summed E-state index contributed by atoms with van der Waals surface area (Å²) in [6.45, 7) is 12.3. The highest BCUT2D eigenvalue weighted by molar-refractivity contribution is 7.15. The molecule has 1 aliphatic heterocycles. The smallest absolute Gasteiger partial charge is 0.186 e. The second kappa shape index (κ2) is 5.41. The molecule has 2 atom stereocenters. The zero-order valence-electron chi connectivity index (χ0n) is 12.7. The van der Waals surface area contributed by atoms with E-state index in [0.29, 0.717) is 6.04 Å². The molecule has 0 bridgehead atoms. The van der Waals surface area contributed by atoms with E-state index in [1.807, 2.05) is 0 Å². The Labute approximate surface area is 120 Å². The summed E-state index contributed by atoms with van der Waals surface area (Å²) in [6.07, 6.45) is 2.54. The number of aliphatic hydroxyl groups excluding tert-OH is 1. The number of aromatic nitrogens is 1. The fourth-order valence-electron chi connectivity index (χ4n) is 2.71. The molecule has 1 aromatic rings. The lowest BCUT2D eigenvalue weighted by molar-refractivity contribution is 0.282. The molecule has 2 rings (SSSR count). The molecule has 0 spiro atoms. The lowest BCUT2D eigenvalue weighted by Crippen LogP contribution is -2.41. The molecular formula is C15H26N2OS. The Bertz CT molecular complexity index is 436. The van der Waals surface area contributed by atoms with Gasteiger partial charge < -0.3 is 10.0 Å². The number of piperidine rings is 1. The third kappa shape index (κ3) is 3.11. The van der Waals surface area contributed by atoms with Crippen LogP contribution in [0.1, 0.15) is 58.0 Å². The third-order valence-electron chi connectivity index (χ3n) is 3.90. The van der Waals surface area contributed by atoms with E-state index in [4.69, 9.17) is 4.98 Å². The van der Waals surface area contributed by atoms with E-state index in [-0.39, 0.29) is 12.0 Å². The summed E-state index contributed by atoms with van der Waals surface area (Å²) in [5, 5.41) is 10.7. The van der Waals surface area contributed by atoms with Gasteiger partial charge in [0.1, 0.15) is 0 Å². The number of nitrogens with zero attached hydrogens (tertiary/aromatic N) is 2. The number of rotatable bonds is 2. The average Bonchev–Trinajstić information content (AvgIpc) is 2.76. The molecule has 1 aromatic heterocycles. The van der Waals surface area contributed by atoms with E-state index in [2.05, 4.69) is 39.5 Å². The monoisotopic (exact) mass is 282 g/mol. The Balaban J connectivity index is 2.32. The van der Waals surface area contributed by atoms with Gasteiger partial charge in [-0.1, -0.05) is 39.0 Å². The third-order valence-corrected chi connectivity index (χ3v) is 4.98. The summed E-state index contributed by atoms with van der Waals surface area (Å²) < 4.78 is 0. The molecule has 2 unspecified atom stereocenters. The van der Waals surface area contributed by atoms with Crippen LogP contribution in [-0.2, 0) is 12.0 Å². The summed E-state index contributed by atoms with van der Waals surface area (Å²) in [5.41, 5.74) is 1.05. The summed E-state index contributed by atoms with van der Waals surface area (Å²) in [7, 11) is 0. The molecule has 1 N–H and O–H groups in total. The summed E-state index contributed by atoms with van der Waals surface area (Å²) in [4.78, 5) is 8.29. The molecule has 108 valence electrons. The van der Waals surface area contributed by atoms with Crippen LogP contribution in [0.3, 0.4) is 0 Å². The zero-order chi connectivity index (χ0) is 14.2. The average molecular weight is 282 g/mol. The van der Waals surface area contributed by atoms with E-state index in [9.17, 15) is 5.11 Å². The van der Waals surface area contributed by atoms with Gasteiger partial charge in [0, 0.05) is 18.0 Å². The summed E-state index contributed by atoms with van der Waals surface area (Å²) in [6, 6.07) is 0.557. The lowest BCUT2D eigenvalue weighted by atomic mass is 9.91. The molecule has 3 nitrogen and oxygen atoms in total. The van der Waals surface area contributed by atoms with Crippen molar-refractivity contribution in [2.24, 2.45) is 5.92 Å². The largest absolute Gasteiger partial charge is 0.391 e. The van der Waals surface area contributed by atoms with E-state index < -0.39 is 0 Å². The van der Waals surface area contributed by atoms with Crippen LogP contribution >= 0.6 is 11.3 Å². The van der Waals surface area contributed by atoms with E-state index in [0.717, 1.165) is 28.2 Å². The molecule has 1 fully saturated rings. The summed E-state index contributed by atoms with van der Waals surface area (Å²) >= 11 is 1.66. The molecule has 1 aliphatic rings. The van der Waals surface area contributed by atoms with Crippen LogP contribution in [0.2, 0.25) is 0 Å². The fraction of sp³-hybridized carbons (Fsp3) is 0.800. The van der Waals surface area contributed by atoms with Gasteiger partial charge in [-0.2, -0.15) is 0 Å². The van der Waals surface area contributed by atoms with Gasteiger partial charge >= 0.3 is 0 Å². The van der Waals surface area contributed by atoms with Crippen molar-refractivity contribution < 1.29 is 5.11 Å². The fourth-order valence-corrected chi connectivity index (χ4v) is 3.95. The molecule has 4 heteroatoms. The van der Waals surface area contributed by atoms with Crippen LogP contribution in [0.4, 0.5) is 5.13 Å². The SMILES string of the molecule is CC1CCC(C)N(c2nc(C(C)(C)C)c(CO)s2)C1. The van der Waals surface area contributed by atoms with Crippen molar-refractivity contribution in [1.82, 2.24) is 4.98 Å². The van der Waals surface area contributed by atoms with Gasteiger partial charge in [0.25, 0.3) is 0 Å². The standard InChI is InChI=1S/C15H26N2OS/c1-10-6-7-11(2)17(8-10)14-16-13(15(3,4)5)12(9-18)19-14/h10-11,18H,6-9H2,1-5H3. The van der Waals surface area contributed by atoms with Gasteiger partial charge in [0.2, 0.25) is 0 Å². The van der Waals surface area contributed by atoms with Crippen molar-refractivity contribution in [3.63, 3.8) is 0 Å². The maximum atomic E-state index is 9.56. The first-order chi connectivity index (χ1) is 8.82. The number of hydrogen-bond donors (Lipinski definition) is 1. The molecule has 19 heavy (non-hydrogen) atoms. The van der Waals surface area contributed by atoms with E-state index in [1.165, 1.54) is 12.8 Å². The molecule has 0 amide bonds. The predicted octanol–water partition coefficient (Wildman–Crippen LogP) is 3.56. The van der Waals surface area contributed by atoms with Crippen LogP contribution in [0, 0.1) is 5.92 Å². The minimum Gasteiger partial charge on any atom is -0.391 e. The highest BCUT2D eigenvalue weighted by Crippen LogP contribution is 2.36. The number of aliphatic hydroxyl groups is 1. The quantitative estimate of drug-likeness (QED) is 0.901. The Kier molecular flexibility index (Phi) is 4.21. The van der Waals surface area contributed by atoms with Crippen molar-refractivity contribution in [3.05, 3.63) is 10.6 Å². The first-order valence-corrected chi connectivity index (χ1v) is 8.02. The topological polar surface area (TPSA) is 36.4 Å². The molecule has 2 heterocycles. The Morgan fingerprint density at radius 1 is 1.32 bits per heavy atom. The molecule has 0 saturated carbocycles. The van der Waals surface area contributed by atoms with Crippen molar-refractivity contribution in [3.8, 4) is 0 Å². The predicted molar refractivity (Wildman–Crippen MR) is 81.9 cm³/mol. The molecule has 0 radical (unpaired) electrons. The number of thiazole rings is 1. The van der Waals surface area contributed by atoms with Crippen molar-refractivity contribution >= 4 is 16.5 Å². The molecule has 0 aliphatic carbocycles. The highest BCUT2D eigenvalue weighted by atomic mass is 32.1. The first kappa shape index (κ1) is 14.8. The zero-order valence-corrected chi connectivity index (χ0v) is 13.5. The van der Waals surface area contributed by atoms with Crippen LogP contribution in [-0.4, -0.2) is 22.7 Å². The van der Waals surface area contributed by atoms with Crippen molar-refractivity contribution in [1.29, 1.82) is 0 Å². The van der Waals surface area contributed by atoms with Gasteiger partial charge in [0.15, 0.2) is 5.13 Å². The van der Waals surface area contributed by atoms with Gasteiger partial charge in [-0.05, 0) is 25.7 Å². The minimum atomic E-state index is -0.00253. The van der Waals surface area contributed by atoms with Crippen LogP contribution in [0.15, 0.2) is 0 Å². The van der Waals surface area contributed by atoms with Gasteiger partial charge in [-0.3, -0.25) is 0 Å². The normalized spacial score (nSPS) is 24.8. The van der Waals surface area contributed by atoms with Gasteiger partial charge in [-0.25, -0.2) is 4.98 Å². The number of hydrogen-bond acceptors (Lipinski definition) is 4. The maximum Gasteiger partial charge on any atom is 0.186 e. The second-order valence-electron chi connectivity index (χ2n) is 6.86. The van der Waals surface area contributed by atoms with Crippen LogP contribution in [0.25, 0.3) is 0 Å². The van der Waals surface area contributed by atoms with Gasteiger partial charge in [0.05, 0.1) is 17.2 Å². The van der Waals surface area contributed by atoms with Crippen molar-refractivity contribution in [2.75, 3.05) is 11.4 Å². The van der Waals surface area contributed by atoms with Gasteiger partial charge in [-0.15, -0.1) is 0 Å². The van der Waals surface area contributed by atoms with Crippen LogP contribution in [0.5, 0.6) is 0 Å². The Morgan fingerprint density at radius 2 is 2.00 bits per heavy atom. The Hall–Kier alpha value is -0.610. The second-order valence-corrected chi connectivity index (χ2v) is 7.92. The lowest BCUT2D eigenvalue weighted by Gasteiger charge is -2.36. The summed E-state index contributed by atoms with van der Waals surface area (Å²) in [5.74, 6) is 0.732. The molecule has 0 aromatic carbocycles.